The molecule has 1 heterocycles. The molecule has 0 radical (unpaired) electrons. The van der Waals surface area contributed by atoms with Gasteiger partial charge >= 0.3 is 0 Å². The van der Waals surface area contributed by atoms with Crippen molar-refractivity contribution in [3.8, 4) is 0 Å². The molecule has 1 unspecified atom stereocenters. The van der Waals surface area contributed by atoms with Gasteiger partial charge in [0, 0.05) is 28.9 Å². The van der Waals surface area contributed by atoms with E-state index in [0.717, 1.165) is 11.1 Å². The van der Waals surface area contributed by atoms with Crippen molar-refractivity contribution in [3.63, 3.8) is 0 Å². The summed E-state index contributed by atoms with van der Waals surface area (Å²) in [6.45, 7) is 1.90. The molecule has 0 spiro atoms. The Kier molecular flexibility index (Phi) is 4.09. The summed E-state index contributed by atoms with van der Waals surface area (Å²) in [7, 11) is 0. The van der Waals surface area contributed by atoms with Crippen LogP contribution in [0.4, 0.5) is 4.39 Å². The lowest BCUT2D eigenvalue weighted by Crippen LogP contribution is -2.05. The number of nitrogens with zero attached hydrogens (tertiary/aromatic N) is 1. The molecule has 0 aliphatic heterocycles. The molecule has 4 heteroatoms. The number of benzene rings is 1. The van der Waals surface area contributed by atoms with Gasteiger partial charge in [0.25, 0.3) is 0 Å². The van der Waals surface area contributed by atoms with Crippen LogP contribution in [0, 0.1) is 12.7 Å². The summed E-state index contributed by atoms with van der Waals surface area (Å²) >= 11 is 3.21. The number of aliphatic hydroxyl groups is 1. The van der Waals surface area contributed by atoms with Gasteiger partial charge in [0.05, 0.1) is 6.10 Å². The first-order chi connectivity index (χ1) is 8.58. The smallest absolute Gasteiger partial charge is 0.127 e. The summed E-state index contributed by atoms with van der Waals surface area (Å²) < 4.78 is 14.4. The van der Waals surface area contributed by atoms with Crippen molar-refractivity contribution in [3.05, 3.63) is 63.6 Å². The second-order valence-electron chi connectivity index (χ2n) is 4.19. The van der Waals surface area contributed by atoms with Gasteiger partial charge in [-0.15, -0.1) is 0 Å². The molecule has 0 saturated carbocycles. The topological polar surface area (TPSA) is 33.1 Å². The van der Waals surface area contributed by atoms with E-state index in [0.29, 0.717) is 10.0 Å². The van der Waals surface area contributed by atoms with E-state index in [9.17, 15) is 9.50 Å². The Labute approximate surface area is 114 Å². The number of aryl methyl sites for hydroxylation is 1. The summed E-state index contributed by atoms with van der Waals surface area (Å²) in [4.78, 5) is 3.98. The van der Waals surface area contributed by atoms with E-state index in [1.165, 1.54) is 6.07 Å². The van der Waals surface area contributed by atoms with Gasteiger partial charge < -0.3 is 5.11 Å². The van der Waals surface area contributed by atoms with E-state index in [1.807, 2.05) is 13.0 Å². The molecule has 0 aliphatic rings. The number of hydrogen-bond donors (Lipinski definition) is 1. The van der Waals surface area contributed by atoms with Crippen LogP contribution in [-0.4, -0.2) is 10.1 Å². The highest BCUT2D eigenvalue weighted by Gasteiger charge is 2.13. The van der Waals surface area contributed by atoms with Crippen LogP contribution in [-0.2, 0) is 6.42 Å². The van der Waals surface area contributed by atoms with Gasteiger partial charge in [-0.05, 0) is 36.2 Å². The standard InChI is InChI=1S/C14H13BrFNO/c1-9-4-5-17-8-12(9)14(18)6-10-2-3-11(15)7-13(10)16/h2-5,7-8,14,18H,6H2,1H3. The molecular weight excluding hydrogens is 297 g/mol. The van der Waals surface area contributed by atoms with Crippen LogP contribution in [0.5, 0.6) is 0 Å². The summed E-state index contributed by atoms with van der Waals surface area (Å²) in [5.41, 5.74) is 2.18. The Morgan fingerprint density at radius 2 is 2.17 bits per heavy atom. The van der Waals surface area contributed by atoms with Gasteiger partial charge in [0.2, 0.25) is 0 Å². The third kappa shape index (κ3) is 2.94. The van der Waals surface area contributed by atoms with E-state index < -0.39 is 6.10 Å². The summed E-state index contributed by atoms with van der Waals surface area (Å²) in [5.74, 6) is -0.315. The van der Waals surface area contributed by atoms with E-state index in [4.69, 9.17) is 0 Å². The number of pyridine rings is 1. The molecule has 2 nitrogen and oxygen atoms in total. The zero-order valence-corrected chi connectivity index (χ0v) is 11.5. The molecule has 0 saturated heterocycles. The third-order valence-corrected chi connectivity index (χ3v) is 3.36. The van der Waals surface area contributed by atoms with Crippen LogP contribution < -0.4 is 0 Å². The van der Waals surface area contributed by atoms with Crippen molar-refractivity contribution in [1.29, 1.82) is 0 Å². The summed E-state index contributed by atoms with van der Waals surface area (Å²) in [6, 6.07) is 6.67. The van der Waals surface area contributed by atoms with Crippen molar-refractivity contribution >= 4 is 15.9 Å². The summed E-state index contributed by atoms with van der Waals surface area (Å²) in [6.07, 6.45) is 2.79. The number of rotatable bonds is 3. The Bertz CT molecular complexity index is 559. The van der Waals surface area contributed by atoms with Gasteiger partial charge in [-0.3, -0.25) is 4.98 Å². The van der Waals surface area contributed by atoms with Crippen molar-refractivity contribution in [2.45, 2.75) is 19.4 Å². The van der Waals surface area contributed by atoms with Gasteiger partial charge in [0.15, 0.2) is 0 Å². The minimum Gasteiger partial charge on any atom is -0.388 e. The number of aliphatic hydroxyl groups excluding tert-OH is 1. The van der Waals surface area contributed by atoms with Crippen LogP contribution in [0.2, 0.25) is 0 Å². The predicted octanol–water partition coefficient (Wildman–Crippen LogP) is 3.57. The molecule has 18 heavy (non-hydrogen) atoms. The first-order valence-corrected chi connectivity index (χ1v) is 6.39. The first kappa shape index (κ1) is 13.2. The second-order valence-corrected chi connectivity index (χ2v) is 5.10. The minimum absolute atomic E-state index is 0.242. The molecule has 1 atom stereocenters. The SMILES string of the molecule is Cc1ccncc1C(O)Cc1ccc(Br)cc1F. The van der Waals surface area contributed by atoms with Gasteiger partial charge in [-0.2, -0.15) is 0 Å². The average molecular weight is 310 g/mol. The van der Waals surface area contributed by atoms with Crippen molar-refractivity contribution in [2.75, 3.05) is 0 Å². The molecule has 2 rings (SSSR count). The lowest BCUT2D eigenvalue weighted by Gasteiger charge is -2.13. The third-order valence-electron chi connectivity index (χ3n) is 2.87. The zero-order valence-electron chi connectivity index (χ0n) is 9.90. The molecule has 1 N–H and O–H groups in total. The normalized spacial score (nSPS) is 12.4. The quantitative estimate of drug-likeness (QED) is 0.940. The second kappa shape index (κ2) is 5.59. The fourth-order valence-electron chi connectivity index (χ4n) is 1.83. The fraction of sp³-hybridized carbons (Fsp3) is 0.214. The van der Waals surface area contributed by atoms with Gasteiger partial charge in [-0.1, -0.05) is 22.0 Å². The number of halogens is 2. The zero-order chi connectivity index (χ0) is 13.1. The maximum atomic E-state index is 13.7. The number of hydrogen-bond acceptors (Lipinski definition) is 2. The minimum atomic E-state index is -0.741. The molecule has 2 aromatic rings. The van der Waals surface area contributed by atoms with Crippen LogP contribution in [0.1, 0.15) is 22.8 Å². The van der Waals surface area contributed by atoms with E-state index >= 15 is 0 Å². The first-order valence-electron chi connectivity index (χ1n) is 5.60. The van der Waals surface area contributed by atoms with Gasteiger partial charge in [-0.25, -0.2) is 4.39 Å². The van der Waals surface area contributed by atoms with E-state index in [2.05, 4.69) is 20.9 Å². The highest BCUT2D eigenvalue weighted by molar-refractivity contribution is 9.10. The van der Waals surface area contributed by atoms with E-state index in [1.54, 1.807) is 24.5 Å². The van der Waals surface area contributed by atoms with Crippen molar-refractivity contribution in [2.24, 2.45) is 0 Å². The van der Waals surface area contributed by atoms with Crippen LogP contribution in [0.15, 0.2) is 41.1 Å². The van der Waals surface area contributed by atoms with E-state index in [-0.39, 0.29) is 12.2 Å². The highest BCUT2D eigenvalue weighted by atomic mass is 79.9. The Morgan fingerprint density at radius 1 is 1.39 bits per heavy atom. The highest BCUT2D eigenvalue weighted by Crippen LogP contribution is 2.23. The molecule has 94 valence electrons. The maximum Gasteiger partial charge on any atom is 0.127 e. The molecule has 0 amide bonds. The lowest BCUT2D eigenvalue weighted by atomic mass is 9.99. The van der Waals surface area contributed by atoms with Crippen molar-refractivity contribution < 1.29 is 9.50 Å². The number of aromatic nitrogens is 1. The average Bonchev–Trinajstić information content (AvgIpc) is 2.33. The fourth-order valence-corrected chi connectivity index (χ4v) is 2.16. The molecule has 1 aromatic carbocycles. The Hall–Kier alpha value is -1.26. The summed E-state index contributed by atoms with van der Waals surface area (Å²) in [5, 5.41) is 10.1. The molecular formula is C14H13BrFNO. The Morgan fingerprint density at radius 3 is 2.83 bits per heavy atom. The predicted molar refractivity (Wildman–Crippen MR) is 71.7 cm³/mol. The van der Waals surface area contributed by atoms with Crippen LogP contribution >= 0.6 is 15.9 Å². The molecule has 0 fully saturated rings. The monoisotopic (exact) mass is 309 g/mol. The van der Waals surface area contributed by atoms with Crippen molar-refractivity contribution in [1.82, 2.24) is 4.98 Å². The molecule has 0 aliphatic carbocycles. The molecule has 0 bridgehead atoms. The lowest BCUT2D eigenvalue weighted by molar-refractivity contribution is 0.176. The maximum absolute atomic E-state index is 13.7. The van der Waals surface area contributed by atoms with Gasteiger partial charge in [0.1, 0.15) is 5.82 Å². The molecule has 1 aromatic heterocycles. The van der Waals surface area contributed by atoms with Crippen LogP contribution in [0.3, 0.4) is 0 Å². The van der Waals surface area contributed by atoms with Crippen LogP contribution in [0.25, 0.3) is 0 Å². The largest absolute Gasteiger partial charge is 0.388 e. The Balaban J connectivity index is 2.21.